The molecular formula is C13H19N3O2. The van der Waals surface area contributed by atoms with Crippen LogP contribution in [0.25, 0.3) is 0 Å². The molecule has 1 aliphatic rings. The van der Waals surface area contributed by atoms with Crippen LogP contribution in [-0.2, 0) is 0 Å². The van der Waals surface area contributed by atoms with Crippen LogP contribution in [0, 0.1) is 12.8 Å². The van der Waals surface area contributed by atoms with E-state index in [1.54, 1.807) is 6.92 Å². The van der Waals surface area contributed by atoms with Gasteiger partial charge in [-0.05, 0) is 31.7 Å². The van der Waals surface area contributed by atoms with Gasteiger partial charge in [0.1, 0.15) is 0 Å². The lowest BCUT2D eigenvalue weighted by Crippen LogP contribution is -2.36. The Bertz CT molecular complexity index is 448. The molecule has 0 aliphatic carbocycles. The molecular weight excluding hydrogens is 230 g/mol. The molecule has 0 saturated carbocycles. The normalized spacial score (nSPS) is 19.9. The van der Waals surface area contributed by atoms with Crippen LogP contribution in [0.5, 0.6) is 0 Å². The number of carboxylic acid groups (broad SMARTS) is 1. The Labute approximate surface area is 107 Å². The van der Waals surface area contributed by atoms with Crippen LogP contribution in [0.15, 0.2) is 6.07 Å². The van der Waals surface area contributed by atoms with E-state index < -0.39 is 5.97 Å². The van der Waals surface area contributed by atoms with Crippen LogP contribution in [0.3, 0.4) is 0 Å². The number of carbonyl (C=O) groups is 1. The first kappa shape index (κ1) is 12.8. The summed E-state index contributed by atoms with van der Waals surface area (Å²) in [5.41, 5.74) is 0.784. The molecule has 1 N–H and O–H groups in total. The number of aromatic nitrogens is 2. The molecule has 1 unspecified atom stereocenters. The highest BCUT2D eigenvalue weighted by atomic mass is 16.4. The largest absolute Gasteiger partial charge is 0.477 e. The first-order chi connectivity index (χ1) is 8.60. The molecule has 0 aromatic carbocycles. The Balaban J connectivity index is 2.24. The summed E-state index contributed by atoms with van der Waals surface area (Å²) in [5.74, 6) is 0.229. The van der Waals surface area contributed by atoms with Gasteiger partial charge in [0.15, 0.2) is 5.69 Å². The summed E-state index contributed by atoms with van der Waals surface area (Å²) < 4.78 is 0. The highest BCUT2D eigenvalue weighted by Crippen LogP contribution is 2.22. The average Bonchev–Trinajstić information content (AvgIpc) is 2.38. The van der Waals surface area contributed by atoms with Crippen molar-refractivity contribution in [1.29, 1.82) is 0 Å². The maximum atomic E-state index is 11.0. The Morgan fingerprint density at radius 3 is 3.00 bits per heavy atom. The first-order valence-electron chi connectivity index (χ1n) is 6.44. The third-order valence-corrected chi connectivity index (χ3v) is 3.44. The van der Waals surface area contributed by atoms with E-state index in [2.05, 4.69) is 21.8 Å². The second-order valence-electron chi connectivity index (χ2n) is 4.86. The second-order valence-corrected chi connectivity index (χ2v) is 4.86. The van der Waals surface area contributed by atoms with Gasteiger partial charge in [0.05, 0.1) is 0 Å². The minimum Gasteiger partial charge on any atom is -0.477 e. The standard InChI is InChI=1S/C13H19N3O2/c1-3-10-5-4-6-16(8-10)13-14-9(2)7-11(15-13)12(17)18/h7,10H,3-6,8H2,1-2H3,(H,17,18). The molecule has 1 atom stereocenters. The number of piperidine rings is 1. The predicted octanol–water partition coefficient (Wildman–Crippen LogP) is 2.11. The lowest BCUT2D eigenvalue weighted by molar-refractivity contribution is 0.0690. The van der Waals surface area contributed by atoms with Crippen molar-refractivity contribution in [1.82, 2.24) is 9.97 Å². The molecule has 0 amide bonds. The van der Waals surface area contributed by atoms with Gasteiger partial charge in [-0.1, -0.05) is 13.3 Å². The Kier molecular flexibility index (Phi) is 3.79. The average molecular weight is 249 g/mol. The van der Waals surface area contributed by atoms with Crippen molar-refractivity contribution in [2.24, 2.45) is 5.92 Å². The molecule has 1 saturated heterocycles. The Morgan fingerprint density at radius 2 is 2.33 bits per heavy atom. The van der Waals surface area contributed by atoms with Crippen molar-refractivity contribution in [3.63, 3.8) is 0 Å². The van der Waals surface area contributed by atoms with Gasteiger partial charge >= 0.3 is 5.97 Å². The maximum absolute atomic E-state index is 11.0. The molecule has 0 bridgehead atoms. The highest BCUT2D eigenvalue weighted by Gasteiger charge is 2.21. The quantitative estimate of drug-likeness (QED) is 0.888. The number of nitrogens with zero attached hydrogens (tertiary/aromatic N) is 3. The van der Waals surface area contributed by atoms with E-state index in [1.165, 1.54) is 12.5 Å². The number of carboxylic acids is 1. The van der Waals surface area contributed by atoms with E-state index in [0.29, 0.717) is 17.6 Å². The van der Waals surface area contributed by atoms with Crippen molar-refractivity contribution in [2.75, 3.05) is 18.0 Å². The molecule has 2 heterocycles. The summed E-state index contributed by atoms with van der Waals surface area (Å²) in [6.45, 7) is 5.84. The predicted molar refractivity (Wildman–Crippen MR) is 69.0 cm³/mol. The lowest BCUT2D eigenvalue weighted by atomic mass is 9.96. The molecule has 18 heavy (non-hydrogen) atoms. The molecule has 1 aromatic heterocycles. The SMILES string of the molecule is CCC1CCCN(c2nc(C)cc(C(=O)O)n2)C1. The van der Waals surface area contributed by atoms with Gasteiger partial charge in [0.25, 0.3) is 0 Å². The van der Waals surface area contributed by atoms with Crippen molar-refractivity contribution < 1.29 is 9.90 Å². The fraction of sp³-hybridized carbons (Fsp3) is 0.615. The zero-order valence-corrected chi connectivity index (χ0v) is 10.9. The van der Waals surface area contributed by atoms with E-state index in [9.17, 15) is 4.79 Å². The number of hydrogen-bond acceptors (Lipinski definition) is 4. The summed E-state index contributed by atoms with van der Waals surface area (Å²) in [6, 6.07) is 1.51. The third kappa shape index (κ3) is 2.78. The molecule has 5 nitrogen and oxygen atoms in total. The zero-order valence-electron chi connectivity index (χ0n) is 10.9. The Hall–Kier alpha value is -1.65. The van der Waals surface area contributed by atoms with Gasteiger partial charge in [-0.15, -0.1) is 0 Å². The minimum atomic E-state index is -0.995. The van der Waals surface area contributed by atoms with Crippen LogP contribution in [0.4, 0.5) is 5.95 Å². The van der Waals surface area contributed by atoms with E-state index in [4.69, 9.17) is 5.11 Å². The number of rotatable bonds is 3. The number of anilines is 1. The highest BCUT2D eigenvalue weighted by molar-refractivity contribution is 5.85. The fourth-order valence-corrected chi connectivity index (χ4v) is 2.38. The van der Waals surface area contributed by atoms with Crippen molar-refractivity contribution in [3.05, 3.63) is 17.5 Å². The van der Waals surface area contributed by atoms with Crippen LogP contribution < -0.4 is 4.90 Å². The molecule has 0 spiro atoms. The van der Waals surface area contributed by atoms with Gasteiger partial charge in [0.2, 0.25) is 5.95 Å². The van der Waals surface area contributed by atoms with Gasteiger partial charge in [0, 0.05) is 18.8 Å². The van der Waals surface area contributed by atoms with Crippen LogP contribution >= 0.6 is 0 Å². The van der Waals surface area contributed by atoms with Gasteiger partial charge < -0.3 is 10.0 Å². The molecule has 5 heteroatoms. The summed E-state index contributed by atoms with van der Waals surface area (Å²) in [7, 11) is 0. The molecule has 2 rings (SSSR count). The number of aromatic carboxylic acids is 1. The first-order valence-corrected chi connectivity index (χ1v) is 6.44. The zero-order chi connectivity index (χ0) is 13.1. The molecule has 1 fully saturated rings. The van der Waals surface area contributed by atoms with Crippen molar-refractivity contribution >= 4 is 11.9 Å². The summed E-state index contributed by atoms with van der Waals surface area (Å²) >= 11 is 0. The van der Waals surface area contributed by atoms with Gasteiger partial charge in [-0.3, -0.25) is 0 Å². The van der Waals surface area contributed by atoms with Crippen molar-refractivity contribution in [2.45, 2.75) is 33.1 Å². The fourth-order valence-electron chi connectivity index (χ4n) is 2.38. The monoisotopic (exact) mass is 249 g/mol. The van der Waals surface area contributed by atoms with Crippen molar-refractivity contribution in [3.8, 4) is 0 Å². The van der Waals surface area contributed by atoms with E-state index in [-0.39, 0.29) is 5.69 Å². The van der Waals surface area contributed by atoms with E-state index in [0.717, 1.165) is 25.9 Å². The lowest BCUT2D eigenvalue weighted by Gasteiger charge is -2.32. The van der Waals surface area contributed by atoms with E-state index >= 15 is 0 Å². The minimum absolute atomic E-state index is 0.0797. The maximum Gasteiger partial charge on any atom is 0.354 e. The summed E-state index contributed by atoms with van der Waals surface area (Å²) in [5, 5.41) is 9.02. The van der Waals surface area contributed by atoms with Crippen LogP contribution in [-0.4, -0.2) is 34.1 Å². The topological polar surface area (TPSA) is 66.3 Å². The summed E-state index contributed by atoms with van der Waals surface area (Å²) in [4.78, 5) is 21.6. The molecule has 1 aromatic rings. The number of aryl methyl sites for hydroxylation is 1. The number of hydrogen-bond donors (Lipinski definition) is 1. The van der Waals surface area contributed by atoms with Crippen LogP contribution in [0.2, 0.25) is 0 Å². The molecule has 98 valence electrons. The van der Waals surface area contributed by atoms with Crippen LogP contribution in [0.1, 0.15) is 42.4 Å². The van der Waals surface area contributed by atoms with Gasteiger partial charge in [-0.2, -0.15) is 0 Å². The van der Waals surface area contributed by atoms with E-state index in [1.807, 2.05) is 0 Å². The smallest absolute Gasteiger partial charge is 0.354 e. The molecule has 1 aliphatic heterocycles. The Morgan fingerprint density at radius 1 is 1.56 bits per heavy atom. The molecule has 0 radical (unpaired) electrons. The summed E-state index contributed by atoms with van der Waals surface area (Å²) in [6.07, 6.45) is 3.51. The second kappa shape index (κ2) is 5.33. The van der Waals surface area contributed by atoms with Gasteiger partial charge in [-0.25, -0.2) is 14.8 Å². The third-order valence-electron chi connectivity index (χ3n) is 3.44.